The highest BCUT2D eigenvalue weighted by Gasteiger charge is 1.98. The molecule has 2 N–H and O–H groups in total. The van der Waals surface area contributed by atoms with E-state index in [1.807, 2.05) is 10.8 Å². The first-order valence-electron chi connectivity index (χ1n) is 7.20. The van der Waals surface area contributed by atoms with Crippen LogP contribution in [0.15, 0.2) is 23.7 Å². The Morgan fingerprint density at radius 1 is 1.30 bits per heavy atom. The summed E-state index contributed by atoms with van der Waals surface area (Å²) in [7, 11) is 1.77. The van der Waals surface area contributed by atoms with Gasteiger partial charge in [0.1, 0.15) is 0 Å². The molecule has 1 aromatic rings. The summed E-state index contributed by atoms with van der Waals surface area (Å²) >= 11 is 0. The number of rotatable bonds is 9. The van der Waals surface area contributed by atoms with Crippen molar-refractivity contribution < 1.29 is 4.74 Å². The molecule has 0 saturated carbocycles. The van der Waals surface area contributed by atoms with Gasteiger partial charge < -0.3 is 19.9 Å². The maximum Gasteiger partial charge on any atom is 0.191 e. The van der Waals surface area contributed by atoms with E-state index in [2.05, 4.69) is 34.5 Å². The van der Waals surface area contributed by atoms with Crippen LogP contribution in [-0.2, 0) is 11.3 Å². The lowest BCUT2D eigenvalue weighted by atomic mass is 10.1. The van der Waals surface area contributed by atoms with E-state index in [1.165, 1.54) is 0 Å². The van der Waals surface area contributed by atoms with Gasteiger partial charge in [0.15, 0.2) is 5.96 Å². The van der Waals surface area contributed by atoms with Gasteiger partial charge in [-0.3, -0.25) is 4.99 Å². The van der Waals surface area contributed by atoms with Crippen LogP contribution in [-0.4, -0.2) is 48.9 Å². The molecule has 1 rings (SSSR count). The SMILES string of the molecule is CN=C(NCCOCCC(C)C)NCCn1ccnc1. The van der Waals surface area contributed by atoms with Crippen molar-refractivity contribution in [3.05, 3.63) is 18.7 Å². The number of nitrogens with one attached hydrogen (secondary N) is 2. The predicted octanol–water partition coefficient (Wildman–Crippen LogP) is 1.11. The fourth-order valence-electron chi connectivity index (χ4n) is 1.61. The van der Waals surface area contributed by atoms with Crippen LogP contribution in [0, 0.1) is 5.92 Å². The Bertz CT molecular complexity index is 362. The van der Waals surface area contributed by atoms with Crippen LogP contribution < -0.4 is 10.6 Å². The van der Waals surface area contributed by atoms with Crippen LogP contribution in [0.1, 0.15) is 20.3 Å². The van der Waals surface area contributed by atoms with Crippen molar-refractivity contribution in [1.82, 2.24) is 20.2 Å². The van der Waals surface area contributed by atoms with Crippen LogP contribution in [0.4, 0.5) is 0 Å². The second-order valence-corrected chi connectivity index (χ2v) is 5.02. The van der Waals surface area contributed by atoms with E-state index in [4.69, 9.17) is 4.74 Å². The highest BCUT2D eigenvalue weighted by atomic mass is 16.5. The smallest absolute Gasteiger partial charge is 0.191 e. The maximum absolute atomic E-state index is 5.55. The zero-order valence-electron chi connectivity index (χ0n) is 12.8. The van der Waals surface area contributed by atoms with Gasteiger partial charge in [-0.1, -0.05) is 13.8 Å². The van der Waals surface area contributed by atoms with Crippen molar-refractivity contribution >= 4 is 5.96 Å². The van der Waals surface area contributed by atoms with Gasteiger partial charge in [-0.15, -0.1) is 0 Å². The number of guanidine groups is 1. The molecule has 0 radical (unpaired) electrons. The molecule has 1 heterocycles. The minimum Gasteiger partial charge on any atom is -0.380 e. The van der Waals surface area contributed by atoms with Crippen molar-refractivity contribution in [2.24, 2.45) is 10.9 Å². The standard InChI is InChI=1S/C14H27N5O/c1-13(2)4-10-20-11-7-18-14(15-3)17-6-9-19-8-5-16-12-19/h5,8,12-13H,4,6-7,9-11H2,1-3H3,(H2,15,17,18). The Balaban J connectivity index is 2.02. The van der Waals surface area contributed by atoms with E-state index in [1.54, 1.807) is 19.6 Å². The second-order valence-electron chi connectivity index (χ2n) is 5.02. The van der Waals surface area contributed by atoms with E-state index >= 15 is 0 Å². The van der Waals surface area contributed by atoms with Gasteiger partial charge in [0.25, 0.3) is 0 Å². The Labute approximate surface area is 121 Å². The molecule has 0 fully saturated rings. The lowest BCUT2D eigenvalue weighted by molar-refractivity contribution is 0.128. The molecule has 6 nitrogen and oxygen atoms in total. The number of nitrogens with zero attached hydrogens (tertiary/aromatic N) is 3. The number of hydrogen-bond acceptors (Lipinski definition) is 3. The summed E-state index contributed by atoms with van der Waals surface area (Å²) in [6.07, 6.45) is 6.64. The lowest BCUT2D eigenvalue weighted by Gasteiger charge is -2.12. The quantitative estimate of drug-likeness (QED) is 0.404. The van der Waals surface area contributed by atoms with Crippen LogP contribution in [0.3, 0.4) is 0 Å². The van der Waals surface area contributed by atoms with Crippen molar-refractivity contribution in [1.29, 1.82) is 0 Å². The van der Waals surface area contributed by atoms with Crippen LogP contribution in [0.5, 0.6) is 0 Å². The average Bonchev–Trinajstić information content (AvgIpc) is 2.93. The molecule has 20 heavy (non-hydrogen) atoms. The maximum atomic E-state index is 5.55. The van der Waals surface area contributed by atoms with Gasteiger partial charge in [0.2, 0.25) is 0 Å². The van der Waals surface area contributed by atoms with Crippen molar-refractivity contribution in [3.63, 3.8) is 0 Å². The van der Waals surface area contributed by atoms with Crippen molar-refractivity contribution in [2.45, 2.75) is 26.8 Å². The Morgan fingerprint density at radius 3 is 2.75 bits per heavy atom. The number of imidazole rings is 1. The number of ether oxygens (including phenoxy) is 1. The predicted molar refractivity (Wildman–Crippen MR) is 81.9 cm³/mol. The number of aromatic nitrogens is 2. The highest BCUT2D eigenvalue weighted by Crippen LogP contribution is 1.98. The summed E-state index contributed by atoms with van der Waals surface area (Å²) in [5.74, 6) is 1.50. The zero-order chi connectivity index (χ0) is 14.6. The van der Waals surface area contributed by atoms with Gasteiger partial charge in [-0.05, 0) is 12.3 Å². The molecule has 0 aliphatic rings. The molecule has 0 saturated heterocycles. The molecular formula is C14H27N5O. The first-order valence-corrected chi connectivity index (χ1v) is 7.20. The highest BCUT2D eigenvalue weighted by molar-refractivity contribution is 5.79. The van der Waals surface area contributed by atoms with Crippen molar-refractivity contribution in [2.75, 3.05) is 33.4 Å². The molecule has 0 bridgehead atoms. The molecule has 114 valence electrons. The van der Waals surface area contributed by atoms with Crippen LogP contribution >= 0.6 is 0 Å². The molecule has 6 heteroatoms. The van der Waals surface area contributed by atoms with E-state index in [0.717, 1.165) is 38.6 Å². The molecule has 1 aromatic heterocycles. The molecule has 0 unspecified atom stereocenters. The lowest BCUT2D eigenvalue weighted by Crippen LogP contribution is -2.40. The summed E-state index contributed by atoms with van der Waals surface area (Å²) < 4.78 is 7.57. The van der Waals surface area contributed by atoms with E-state index in [0.29, 0.717) is 12.5 Å². The summed E-state index contributed by atoms with van der Waals surface area (Å²) in [4.78, 5) is 8.17. The van der Waals surface area contributed by atoms with Gasteiger partial charge in [0.05, 0.1) is 12.9 Å². The third-order valence-corrected chi connectivity index (χ3v) is 2.82. The van der Waals surface area contributed by atoms with Crippen LogP contribution in [0.2, 0.25) is 0 Å². The molecule has 0 atom stereocenters. The summed E-state index contributed by atoms with van der Waals surface area (Å²) in [5, 5.41) is 6.48. The van der Waals surface area contributed by atoms with Gasteiger partial charge in [-0.25, -0.2) is 4.98 Å². The largest absolute Gasteiger partial charge is 0.380 e. The third kappa shape index (κ3) is 7.78. The Hall–Kier alpha value is -1.56. The normalized spacial score (nSPS) is 11.9. The van der Waals surface area contributed by atoms with Gasteiger partial charge >= 0.3 is 0 Å². The fourth-order valence-corrected chi connectivity index (χ4v) is 1.61. The first-order chi connectivity index (χ1) is 9.72. The first kappa shape index (κ1) is 16.5. The number of hydrogen-bond donors (Lipinski definition) is 2. The second kappa shape index (κ2) is 10.3. The average molecular weight is 281 g/mol. The Morgan fingerprint density at radius 2 is 2.10 bits per heavy atom. The molecule has 0 amide bonds. The molecule has 0 aliphatic carbocycles. The minimum atomic E-state index is 0.695. The van der Waals surface area contributed by atoms with E-state index in [9.17, 15) is 0 Å². The molecular weight excluding hydrogens is 254 g/mol. The van der Waals surface area contributed by atoms with Crippen LogP contribution in [0.25, 0.3) is 0 Å². The fraction of sp³-hybridized carbons (Fsp3) is 0.714. The summed E-state index contributed by atoms with van der Waals surface area (Å²) in [6, 6.07) is 0. The number of aliphatic imine (C=N–C) groups is 1. The summed E-state index contributed by atoms with van der Waals surface area (Å²) in [5.41, 5.74) is 0. The Kier molecular flexibility index (Phi) is 8.46. The van der Waals surface area contributed by atoms with E-state index < -0.39 is 0 Å². The van der Waals surface area contributed by atoms with Crippen molar-refractivity contribution in [3.8, 4) is 0 Å². The van der Waals surface area contributed by atoms with Gasteiger partial charge in [0, 0.05) is 45.7 Å². The molecule has 0 spiro atoms. The zero-order valence-corrected chi connectivity index (χ0v) is 12.8. The molecule has 0 aromatic carbocycles. The van der Waals surface area contributed by atoms with Gasteiger partial charge in [-0.2, -0.15) is 0 Å². The summed E-state index contributed by atoms with van der Waals surface area (Å²) in [6.45, 7) is 8.38. The molecule has 0 aliphatic heterocycles. The minimum absolute atomic E-state index is 0.695. The van der Waals surface area contributed by atoms with E-state index in [-0.39, 0.29) is 0 Å². The topological polar surface area (TPSA) is 63.5 Å². The monoisotopic (exact) mass is 281 g/mol. The third-order valence-electron chi connectivity index (χ3n) is 2.82.